The van der Waals surface area contributed by atoms with E-state index < -0.39 is 0 Å². The Morgan fingerprint density at radius 2 is 1.89 bits per heavy atom. The number of nitrogens with zero attached hydrogens (tertiary/aromatic N) is 1. The fraction of sp³-hybridized carbons (Fsp3) is 0. The molecule has 0 unspecified atom stereocenters. The van der Waals surface area contributed by atoms with E-state index in [-0.39, 0.29) is 11.1 Å². The van der Waals surface area contributed by atoms with E-state index in [0.29, 0.717) is 20.7 Å². The summed E-state index contributed by atoms with van der Waals surface area (Å²) in [4.78, 5) is 16.0. The van der Waals surface area contributed by atoms with E-state index in [1.165, 1.54) is 0 Å². The van der Waals surface area contributed by atoms with Crippen LogP contribution in [0.5, 0.6) is 0 Å². The zero-order valence-corrected chi connectivity index (χ0v) is 13.9. The van der Waals surface area contributed by atoms with E-state index in [1.807, 2.05) is 0 Å². The third kappa shape index (κ3) is 3.69. The Bertz CT molecular complexity index is 650. The number of carbonyl (C=O) groups is 1. The molecule has 19 heavy (non-hydrogen) atoms. The molecule has 0 saturated heterocycles. The molecule has 3 nitrogen and oxygen atoms in total. The summed E-state index contributed by atoms with van der Waals surface area (Å²) in [5.74, 6) is -0.348. The second kappa shape index (κ2) is 6.22. The van der Waals surface area contributed by atoms with Gasteiger partial charge in [0.1, 0.15) is 0 Å². The fourth-order valence-electron chi connectivity index (χ4n) is 1.37. The van der Waals surface area contributed by atoms with Gasteiger partial charge in [0.15, 0.2) is 5.15 Å². The maximum atomic E-state index is 12.1. The van der Waals surface area contributed by atoms with Gasteiger partial charge in [0.2, 0.25) is 0 Å². The topological polar surface area (TPSA) is 42.0 Å². The fourth-order valence-corrected chi connectivity index (χ4v) is 2.61. The van der Waals surface area contributed by atoms with Crippen LogP contribution in [0.1, 0.15) is 10.4 Å². The van der Waals surface area contributed by atoms with Gasteiger partial charge in [0.05, 0.1) is 16.3 Å². The van der Waals surface area contributed by atoms with Crippen LogP contribution in [0.15, 0.2) is 39.4 Å². The average Bonchev–Trinajstić information content (AvgIpc) is 2.33. The van der Waals surface area contributed by atoms with Crippen LogP contribution in [0.4, 0.5) is 5.69 Å². The maximum Gasteiger partial charge on any atom is 0.257 e. The van der Waals surface area contributed by atoms with Gasteiger partial charge in [-0.1, -0.05) is 39.1 Å². The quantitative estimate of drug-likeness (QED) is 0.676. The van der Waals surface area contributed by atoms with E-state index in [2.05, 4.69) is 42.2 Å². The summed E-state index contributed by atoms with van der Waals surface area (Å²) in [6.07, 6.45) is 1.55. The molecule has 1 aromatic carbocycles. The van der Waals surface area contributed by atoms with Gasteiger partial charge in [-0.15, -0.1) is 0 Å². The molecule has 0 aliphatic rings. The van der Waals surface area contributed by atoms with E-state index >= 15 is 0 Å². The van der Waals surface area contributed by atoms with E-state index in [9.17, 15) is 4.79 Å². The molecule has 0 atom stereocenters. The van der Waals surface area contributed by atoms with Crippen LogP contribution in [0.3, 0.4) is 0 Å². The first kappa shape index (κ1) is 14.8. The second-order valence-corrected chi connectivity index (χ2v) is 6.17. The number of aromatic nitrogens is 1. The summed E-state index contributed by atoms with van der Waals surface area (Å²) in [7, 11) is 0. The summed E-state index contributed by atoms with van der Waals surface area (Å²) in [5, 5.41) is 3.23. The molecule has 2 aromatic rings. The Balaban J connectivity index is 2.28. The number of nitrogens with one attached hydrogen (secondary N) is 1. The van der Waals surface area contributed by atoms with Crippen molar-refractivity contribution >= 4 is 66.7 Å². The normalized spacial score (nSPS) is 10.3. The van der Waals surface area contributed by atoms with Crippen molar-refractivity contribution in [2.45, 2.75) is 0 Å². The van der Waals surface area contributed by atoms with E-state index in [0.717, 1.165) is 4.47 Å². The molecule has 0 aliphatic carbocycles. The van der Waals surface area contributed by atoms with E-state index in [1.54, 1.807) is 30.5 Å². The summed E-state index contributed by atoms with van der Waals surface area (Å²) in [5.41, 5.74) is 0.779. The second-order valence-electron chi connectivity index (χ2n) is 3.57. The SMILES string of the molecule is O=C(Nc1cc(Br)cnc1Cl)c1ccc(Br)cc1Cl. The molecular weight excluding hydrogens is 419 g/mol. The van der Waals surface area contributed by atoms with Crippen LogP contribution in [0.2, 0.25) is 10.2 Å². The third-order valence-corrected chi connectivity index (χ3v) is 3.77. The van der Waals surface area contributed by atoms with E-state index in [4.69, 9.17) is 23.2 Å². The zero-order valence-electron chi connectivity index (χ0n) is 9.25. The minimum absolute atomic E-state index is 0.213. The summed E-state index contributed by atoms with van der Waals surface area (Å²) < 4.78 is 1.52. The molecule has 1 aromatic heterocycles. The number of pyridine rings is 1. The van der Waals surface area contributed by atoms with Gasteiger partial charge in [0.25, 0.3) is 5.91 Å². The van der Waals surface area contributed by atoms with Gasteiger partial charge in [-0.25, -0.2) is 4.98 Å². The van der Waals surface area contributed by atoms with Crippen molar-refractivity contribution in [3.8, 4) is 0 Å². The first-order valence-electron chi connectivity index (χ1n) is 5.05. The highest BCUT2D eigenvalue weighted by atomic mass is 79.9. The lowest BCUT2D eigenvalue weighted by atomic mass is 10.2. The molecule has 7 heteroatoms. The lowest BCUT2D eigenvalue weighted by Crippen LogP contribution is -2.13. The Morgan fingerprint density at radius 1 is 1.16 bits per heavy atom. The molecule has 98 valence electrons. The Morgan fingerprint density at radius 3 is 2.58 bits per heavy atom. The average molecular weight is 425 g/mol. The third-order valence-electron chi connectivity index (χ3n) is 2.23. The van der Waals surface area contributed by atoms with Gasteiger partial charge in [-0.05, 0) is 40.2 Å². The molecule has 0 fully saturated rings. The first-order valence-corrected chi connectivity index (χ1v) is 7.39. The number of hydrogen-bond donors (Lipinski definition) is 1. The minimum atomic E-state index is -0.348. The number of anilines is 1. The Kier molecular flexibility index (Phi) is 4.84. The van der Waals surface area contributed by atoms with Crippen molar-refractivity contribution in [3.05, 3.63) is 55.1 Å². The molecule has 1 heterocycles. The van der Waals surface area contributed by atoms with Crippen molar-refractivity contribution in [3.63, 3.8) is 0 Å². The Hall–Kier alpha value is -0.620. The molecule has 0 radical (unpaired) electrons. The Labute approximate surface area is 136 Å². The van der Waals surface area contributed by atoms with Gasteiger partial charge in [0, 0.05) is 15.1 Å². The molecule has 1 N–H and O–H groups in total. The number of carbonyl (C=O) groups excluding carboxylic acids is 1. The predicted octanol–water partition coefficient (Wildman–Crippen LogP) is 5.17. The highest BCUT2D eigenvalue weighted by Gasteiger charge is 2.13. The van der Waals surface area contributed by atoms with Gasteiger partial charge in [-0.2, -0.15) is 0 Å². The molecule has 2 rings (SSSR count). The van der Waals surface area contributed by atoms with Crippen LogP contribution in [-0.2, 0) is 0 Å². The lowest BCUT2D eigenvalue weighted by molar-refractivity contribution is 0.102. The number of amides is 1. The zero-order chi connectivity index (χ0) is 14.0. The smallest absolute Gasteiger partial charge is 0.257 e. The maximum absolute atomic E-state index is 12.1. The van der Waals surface area contributed by atoms with Crippen LogP contribution in [0, 0.1) is 0 Å². The number of rotatable bonds is 2. The van der Waals surface area contributed by atoms with Gasteiger partial charge < -0.3 is 5.32 Å². The number of halogens is 4. The predicted molar refractivity (Wildman–Crippen MR) is 84.1 cm³/mol. The lowest BCUT2D eigenvalue weighted by Gasteiger charge is -2.08. The molecule has 0 spiro atoms. The minimum Gasteiger partial charge on any atom is -0.319 e. The summed E-state index contributed by atoms with van der Waals surface area (Å²) in [6, 6.07) is 6.68. The number of hydrogen-bond acceptors (Lipinski definition) is 2. The van der Waals surface area contributed by atoms with Crippen LogP contribution < -0.4 is 5.32 Å². The molecule has 0 saturated carbocycles. The van der Waals surface area contributed by atoms with Crippen molar-refractivity contribution in [2.24, 2.45) is 0 Å². The van der Waals surface area contributed by atoms with Gasteiger partial charge in [-0.3, -0.25) is 4.79 Å². The molecule has 0 aliphatic heterocycles. The van der Waals surface area contributed by atoms with Crippen molar-refractivity contribution in [2.75, 3.05) is 5.32 Å². The van der Waals surface area contributed by atoms with Crippen molar-refractivity contribution in [1.29, 1.82) is 0 Å². The summed E-state index contributed by atoms with van der Waals surface area (Å²) >= 11 is 18.5. The first-order chi connectivity index (χ1) is 8.97. The highest BCUT2D eigenvalue weighted by Crippen LogP contribution is 2.26. The largest absolute Gasteiger partial charge is 0.319 e. The van der Waals surface area contributed by atoms with Crippen LogP contribution >= 0.6 is 55.1 Å². The van der Waals surface area contributed by atoms with Crippen LogP contribution in [0.25, 0.3) is 0 Å². The molecule has 1 amide bonds. The standard InChI is InChI=1S/C12H6Br2Cl2N2O/c13-6-1-2-8(9(15)3-6)12(19)18-10-4-7(14)5-17-11(10)16/h1-5H,(H,18,19). The molecule has 0 bridgehead atoms. The molecular formula is C12H6Br2Cl2N2O. The van der Waals surface area contributed by atoms with Crippen LogP contribution in [-0.4, -0.2) is 10.9 Å². The van der Waals surface area contributed by atoms with Gasteiger partial charge >= 0.3 is 0 Å². The number of benzene rings is 1. The monoisotopic (exact) mass is 422 g/mol. The summed E-state index contributed by atoms with van der Waals surface area (Å²) in [6.45, 7) is 0. The van der Waals surface area contributed by atoms with Crippen molar-refractivity contribution < 1.29 is 4.79 Å². The van der Waals surface area contributed by atoms with Crippen molar-refractivity contribution in [1.82, 2.24) is 4.98 Å². The highest BCUT2D eigenvalue weighted by molar-refractivity contribution is 9.10.